The van der Waals surface area contributed by atoms with Gasteiger partial charge in [0.05, 0.1) is 24.5 Å². The van der Waals surface area contributed by atoms with E-state index in [0.29, 0.717) is 11.5 Å². The van der Waals surface area contributed by atoms with Gasteiger partial charge in [-0.1, -0.05) is 49.4 Å². The van der Waals surface area contributed by atoms with E-state index in [1.807, 2.05) is 30.3 Å². The molecule has 2 aromatic carbocycles. The predicted octanol–water partition coefficient (Wildman–Crippen LogP) is 3.37. The van der Waals surface area contributed by atoms with Gasteiger partial charge in [0.1, 0.15) is 0 Å². The van der Waals surface area contributed by atoms with Gasteiger partial charge in [0.2, 0.25) is 10.0 Å². The molecule has 1 saturated heterocycles. The lowest BCUT2D eigenvalue weighted by molar-refractivity contribution is 0.0600. The van der Waals surface area contributed by atoms with Crippen molar-refractivity contribution in [2.24, 2.45) is 5.92 Å². The van der Waals surface area contributed by atoms with Gasteiger partial charge in [-0.25, -0.2) is 17.9 Å². The summed E-state index contributed by atoms with van der Waals surface area (Å²) < 4.78 is 33.2. The molecule has 1 aliphatic rings. The van der Waals surface area contributed by atoms with E-state index in [1.54, 1.807) is 24.3 Å². The fourth-order valence-electron chi connectivity index (χ4n) is 3.76. The molecule has 7 heteroatoms. The summed E-state index contributed by atoms with van der Waals surface area (Å²) in [5, 5.41) is 0. The van der Waals surface area contributed by atoms with E-state index >= 15 is 0 Å². The molecule has 1 atom stereocenters. The van der Waals surface area contributed by atoms with Crippen molar-refractivity contribution in [1.82, 2.24) is 9.62 Å². The Morgan fingerprint density at radius 3 is 2.33 bits per heavy atom. The number of hydrogen-bond donors (Lipinski definition) is 1. The van der Waals surface area contributed by atoms with E-state index < -0.39 is 16.0 Å². The van der Waals surface area contributed by atoms with Crippen molar-refractivity contribution in [1.29, 1.82) is 0 Å². The summed E-state index contributed by atoms with van der Waals surface area (Å²) in [4.78, 5) is 13.8. The van der Waals surface area contributed by atoms with E-state index in [4.69, 9.17) is 0 Å². The first-order valence-electron chi connectivity index (χ1n) is 10.3. The number of benzene rings is 2. The average molecular weight is 431 g/mol. The third-order valence-electron chi connectivity index (χ3n) is 5.69. The molecule has 1 heterocycles. The van der Waals surface area contributed by atoms with Crippen LogP contribution in [0.2, 0.25) is 0 Å². The third-order valence-corrected chi connectivity index (χ3v) is 7.03. The molecule has 0 bridgehead atoms. The molecule has 0 amide bonds. The number of carbonyl (C=O) groups excluding carboxylic acids is 1. The lowest BCUT2D eigenvalue weighted by atomic mass is 9.96. The maximum Gasteiger partial charge on any atom is 0.337 e. The number of likely N-dealkylation sites (tertiary alicyclic amines) is 1. The number of sulfonamides is 1. The van der Waals surface area contributed by atoms with Gasteiger partial charge in [0.25, 0.3) is 0 Å². The Balaban J connectivity index is 1.68. The van der Waals surface area contributed by atoms with Crippen LogP contribution in [0.3, 0.4) is 0 Å². The van der Waals surface area contributed by atoms with Crippen molar-refractivity contribution in [3.8, 4) is 0 Å². The van der Waals surface area contributed by atoms with Crippen LogP contribution in [0.1, 0.15) is 47.3 Å². The van der Waals surface area contributed by atoms with E-state index in [9.17, 15) is 13.2 Å². The Bertz CT molecular complexity index is 921. The second kappa shape index (κ2) is 10.2. The summed E-state index contributed by atoms with van der Waals surface area (Å²) in [5.41, 5.74) is 2.25. The molecule has 30 heavy (non-hydrogen) atoms. The number of ether oxygens (including phenoxy) is 1. The van der Waals surface area contributed by atoms with Gasteiger partial charge in [-0.3, -0.25) is 4.90 Å². The smallest absolute Gasteiger partial charge is 0.337 e. The fourth-order valence-corrected chi connectivity index (χ4v) is 5.09. The van der Waals surface area contributed by atoms with Crippen molar-refractivity contribution < 1.29 is 17.9 Å². The zero-order chi connectivity index (χ0) is 21.6. The van der Waals surface area contributed by atoms with Gasteiger partial charge in [0.15, 0.2) is 0 Å². The Labute approximate surface area is 179 Å². The van der Waals surface area contributed by atoms with E-state index in [-0.39, 0.29) is 18.3 Å². The standard InChI is InChI=1S/C23H30N2O4S/c1-18-12-14-25(15-13-18)22(20-6-4-3-5-7-20)17-30(27,28)24-16-19-8-10-21(11-9-19)23(26)29-2/h3-11,18,22,24H,12-17H2,1-2H3. The van der Waals surface area contributed by atoms with Crippen molar-refractivity contribution in [3.05, 3.63) is 71.3 Å². The third kappa shape index (κ3) is 6.14. The molecule has 1 unspecified atom stereocenters. The first kappa shape index (κ1) is 22.5. The van der Waals surface area contributed by atoms with E-state index in [1.165, 1.54) is 7.11 Å². The number of esters is 1. The van der Waals surface area contributed by atoms with Crippen molar-refractivity contribution in [3.63, 3.8) is 0 Å². The van der Waals surface area contributed by atoms with E-state index in [2.05, 4.69) is 21.3 Å². The van der Waals surface area contributed by atoms with Crippen LogP contribution in [0.15, 0.2) is 54.6 Å². The van der Waals surface area contributed by atoms with Crippen LogP contribution < -0.4 is 4.72 Å². The molecular formula is C23H30N2O4S. The number of nitrogens with zero attached hydrogens (tertiary/aromatic N) is 1. The number of carbonyl (C=O) groups is 1. The first-order chi connectivity index (χ1) is 14.4. The lowest BCUT2D eigenvalue weighted by Gasteiger charge is -2.36. The number of methoxy groups -OCH3 is 1. The van der Waals surface area contributed by atoms with Crippen molar-refractivity contribution >= 4 is 16.0 Å². The van der Waals surface area contributed by atoms with Crippen LogP contribution in [-0.4, -0.2) is 45.2 Å². The summed E-state index contributed by atoms with van der Waals surface area (Å²) in [6.07, 6.45) is 2.17. The minimum atomic E-state index is -3.50. The van der Waals surface area contributed by atoms with Crippen LogP contribution >= 0.6 is 0 Å². The lowest BCUT2D eigenvalue weighted by Crippen LogP contribution is -2.41. The van der Waals surface area contributed by atoms with Gasteiger partial charge in [0, 0.05) is 6.54 Å². The van der Waals surface area contributed by atoms with Crippen molar-refractivity contribution in [2.45, 2.75) is 32.4 Å². The Morgan fingerprint density at radius 1 is 1.10 bits per heavy atom. The quantitative estimate of drug-likeness (QED) is 0.650. The molecule has 6 nitrogen and oxygen atoms in total. The summed E-state index contributed by atoms with van der Waals surface area (Å²) in [5.74, 6) is 0.287. The number of hydrogen-bond acceptors (Lipinski definition) is 5. The molecule has 1 N–H and O–H groups in total. The van der Waals surface area contributed by atoms with Gasteiger partial charge < -0.3 is 4.74 Å². The molecule has 162 valence electrons. The van der Waals surface area contributed by atoms with Crippen LogP contribution in [0.5, 0.6) is 0 Å². The van der Waals surface area contributed by atoms with Crippen LogP contribution in [0.25, 0.3) is 0 Å². The fraction of sp³-hybridized carbons (Fsp3) is 0.435. The number of nitrogens with one attached hydrogen (secondary N) is 1. The van der Waals surface area contributed by atoms with Gasteiger partial charge >= 0.3 is 5.97 Å². The summed E-state index contributed by atoms with van der Waals surface area (Å²) >= 11 is 0. The zero-order valence-electron chi connectivity index (χ0n) is 17.6. The Kier molecular flexibility index (Phi) is 7.64. The highest BCUT2D eigenvalue weighted by Gasteiger charge is 2.28. The van der Waals surface area contributed by atoms with Gasteiger partial charge in [-0.15, -0.1) is 0 Å². The average Bonchev–Trinajstić information content (AvgIpc) is 2.77. The normalized spacial score (nSPS) is 16.9. The molecule has 0 aliphatic carbocycles. The minimum absolute atomic E-state index is 0.0195. The molecule has 2 aromatic rings. The minimum Gasteiger partial charge on any atom is -0.465 e. The first-order valence-corrected chi connectivity index (χ1v) is 12.0. The summed E-state index contributed by atoms with van der Waals surface area (Å²) in [7, 11) is -2.17. The second-order valence-electron chi connectivity index (χ2n) is 7.94. The van der Waals surface area contributed by atoms with E-state index in [0.717, 1.165) is 37.1 Å². The number of piperidine rings is 1. The second-order valence-corrected chi connectivity index (χ2v) is 9.79. The monoisotopic (exact) mass is 430 g/mol. The van der Waals surface area contributed by atoms with Crippen molar-refractivity contribution in [2.75, 3.05) is 26.0 Å². The molecule has 3 rings (SSSR count). The van der Waals surface area contributed by atoms with Crippen LogP contribution in [0, 0.1) is 5.92 Å². The number of rotatable bonds is 8. The highest BCUT2D eigenvalue weighted by atomic mass is 32.2. The molecule has 0 radical (unpaired) electrons. The molecule has 1 fully saturated rings. The maximum atomic E-state index is 12.9. The molecule has 0 spiro atoms. The Morgan fingerprint density at radius 2 is 1.73 bits per heavy atom. The summed E-state index contributed by atoms with van der Waals surface area (Å²) in [6.45, 7) is 4.25. The largest absolute Gasteiger partial charge is 0.465 e. The molecule has 1 aliphatic heterocycles. The topological polar surface area (TPSA) is 75.7 Å². The SMILES string of the molecule is COC(=O)c1ccc(CNS(=O)(=O)CC(c2ccccc2)N2CCC(C)CC2)cc1. The zero-order valence-corrected chi connectivity index (χ0v) is 18.4. The highest BCUT2D eigenvalue weighted by molar-refractivity contribution is 7.89. The Hall–Kier alpha value is -2.22. The molecule has 0 saturated carbocycles. The predicted molar refractivity (Wildman–Crippen MR) is 118 cm³/mol. The van der Waals surface area contributed by atoms with Gasteiger partial charge in [-0.2, -0.15) is 0 Å². The van der Waals surface area contributed by atoms with Crippen LogP contribution in [-0.2, 0) is 21.3 Å². The summed E-state index contributed by atoms with van der Waals surface area (Å²) in [6, 6.07) is 16.4. The highest BCUT2D eigenvalue weighted by Crippen LogP contribution is 2.28. The van der Waals surface area contributed by atoms with Crippen LogP contribution in [0.4, 0.5) is 0 Å². The van der Waals surface area contributed by atoms with Gasteiger partial charge in [-0.05, 0) is 55.1 Å². The molecule has 0 aromatic heterocycles. The molecular weight excluding hydrogens is 400 g/mol. The maximum absolute atomic E-state index is 12.9.